The second kappa shape index (κ2) is 6.59. The molecule has 0 aliphatic rings. The van der Waals surface area contributed by atoms with Crippen molar-refractivity contribution in [2.75, 3.05) is 0 Å². The van der Waals surface area contributed by atoms with Gasteiger partial charge in [-0.25, -0.2) is 0 Å². The standard InChI is InChI=1S/C12H23NO2/c1-5-9(6-2)10(7-11(13)14)12(15)8(3)4/h8-10H,5-7H2,1-4H3,(H2,13,14)/t10-/m0/s1. The lowest BCUT2D eigenvalue weighted by molar-refractivity contribution is -0.131. The van der Waals surface area contributed by atoms with Crippen LogP contribution in [0.25, 0.3) is 0 Å². The summed E-state index contributed by atoms with van der Waals surface area (Å²) in [5.74, 6) is -0.122. The highest BCUT2D eigenvalue weighted by atomic mass is 16.1. The van der Waals surface area contributed by atoms with Crippen LogP contribution in [-0.2, 0) is 9.59 Å². The van der Waals surface area contributed by atoms with Gasteiger partial charge >= 0.3 is 0 Å². The van der Waals surface area contributed by atoms with E-state index in [0.29, 0.717) is 0 Å². The quantitative estimate of drug-likeness (QED) is 0.704. The van der Waals surface area contributed by atoms with Crippen molar-refractivity contribution >= 4 is 11.7 Å². The van der Waals surface area contributed by atoms with E-state index in [1.165, 1.54) is 0 Å². The molecule has 3 nitrogen and oxygen atoms in total. The van der Waals surface area contributed by atoms with Gasteiger partial charge in [-0.2, -0.15) is 0 Å². The highest BCUT2D eigenvalue weighted by molar-refractivity contribution is 5.87. The highest BCUT2D eigenvalue weighted by Crippen LogP contribution is 2.26. The molecule has 0 fully saturated rings. The van der Waals surface area contributed by atoms with Crippen molar-refractivity contribution in [3.63, 3.8) is 0 Å². The van der Waals surface area contributed by atoms with Crippen LogP contribution in [0.4, 0.5) is 0 Å². The summed E-state index contributed by atoms with van der Waals surface area (Å²) >= 11 is 0. The predicted octanol–water partition coefficient (Wildman–Crippen LogP) is 2.14. The van der Waals surface area contributed by atoms with E-state index in [2.05, 4.69) is 13.8 Å². The zero-order valence-corrected chi connectivity index (χ0v) is 10.2. The van der Waals surface area contributed by atoms with Crippen molar-refractivity contribution < 1.29 is 9.59 Å². The fraction of sp³-hybridized carbons (Fsp3) is 0.833. The third-order valence-electron chi connectivity index (χ3n) is 2.97. The Labute approximate surface area is 92.4 Å². The summed E-state index contributed by atoms with van der Waals surface area (Å²) in [5, 5.41) is 0. The Balaban J connectivity index is 4.70. The van der Waals surface area contributed by atoms with Crippen LogP contribution in [0.5, 0.6) is 0 Å². The Kier molecular flexibility index (Phi) is 6.21. The fourth-order valence-electron chi connectivity index (χ4n) is 2.00. The van der Waals surface area contributed by atoms with Crippen molar-refractivity contribution in [3.8, 4) is 0 Å². The first kappa shape index (κ1) is 14.1. The Morgan fingerprint density at radius 2 is 1.60 bits per heavy atom. The number of nitrogens with two attached hydrogens (primary N) is 1. The van der Waals surface area contributed by atoms with Gasteiger partial charge in [0.25, 0.3) is 0 Å². The minimum absolute atomic E-state index is 0.0186. The van der Waals surface area contributed by atoms with E-state index >= 15 is 0 Å². The molecule has 0 aromatic rings. The molecule has 0 unspecified atom stereocenters. The molecule has 0 aliphatic heterocycles. The molecule has 0 saturated carbocycles. The zero-order valence-electron chi connectivity index (χ0n) is 10.2. The van der Waals surface area contributed by atoms with Gasteiger partial charge in [-0.05, 0) is 5.92 Å². The predicted molar refractivity (Wildman–Crippen MR) is 61.2 cm³/mol. The molecule has 0 saturated heterocycles. The average Bonchev–Trinajstić information content (AvgIpc) is 2.16. The molecule has 2 N–H and O–H groups in total. The monoisotopic (exact) mass is 213 g/mol. The van der Waals surface area contributed by atoms with Crippen LogP contribution >= 0.6 is 0 Å². The van der Waals surface area contributed by atoms with Gasteiger partial charge < -0.3 is 5.73 Å². The first-order valence-electron chi connectivity index (χ1n) is 5.75. The van der Waals surface area contributed by atoms with Crippen molar-refractivity contribution in [3.05, 3.63) is 0 Å². The summed E-state index contributed by atoms with van der Waals surface area (Å²) in [6.45, 7) is 7.85. The largest absolute Gasteiger partial charge is 0.370 e. The SMILES string of the molecule is CCC(CC)[C@H](CC(N)=O)C(=O)C(C)C. The lowest BCUT2D eigenvalue weighted by Crippen LogP contribution is -2.31. The summed E-state index contributed by atoms with van der Waals surface area (Å²) in [5.41, 5.74) is 5.19. The number of hydrogen-bond donors (Lipinski definition) is 1. The van der Waals surface area contributed by atoms with Crippen LogP contribution < -0.4 is 5.73 Å². The molecule has 1 atom stereocenters. The molecule has 0 heterocycles. The third-order valence-corrected chi connectivity index (χ3v) is 2.97. The van der Waals surface area contributed by atoms with Gasteiger partial charge in [0.15, 0.2) is 0 Å². The van der Waals surface area contributed by atoms with E-state index in [1.807, 2.05) is 13.8 Å². The van der Waals surface area contributed by atoms with Gasteiger partial charge in [-0.3, -0.25) is 9.59 Å². The van der Waals surface area contributed by atoms with Crippen LogP contribution in [0, 0.1) is 17.8 Å². The number of carbonyl (C=O) groups excluding carboxylic acids is 2. The van der Waals surface area contributed by atoms with Crippen molar-refractivity contribution in [1.82, 2.24) is 0 Å². The number of ketones is 1. The van der Waals surface area contributed by atoms with Crippen LogP contribution in [0.2, 0.25) is 0 Å². The van der Waals surface area contributed by atoms with Crippen LogP contribution in [0.15, 0.2) is 0 Å². The summed E-state index contributed by atoms with van der Waals surface area (Å²) in [6.07, 6.45) is 2.04. The smallest absolute Gasteiger partial charge is 0.218 e. The maximum Gasteiger partial charge on any atom is 0.218 e. The van der Waals surface area contributed by atoms with E-state index in [9.17, 15) is 9.59 Å². The minimum Gasteiger partial charge on any atom is -0.370 e. The van der Waals surface area contributed by atoms with Gasteiger partial charge in [-0.15, -0.1) is 0 Å². The molecule has 1 amide bonds. The van der Waals surface area contributed by atoms with E-state index in [0.717, 1.165) is 12.8 Å². The summed E-state index contributed by atoms with van der Waals surface area (Å²) in [6, 6.07) is 0. The molecule has 88 valence electrons. The van der Waals surface area contributed by atoms with Crippen LogP contribution in [0.1, 0.15) is 47.0 Å². The Bertz CT molecular complexity index is 220. The number of amides is 1. The second-order valence-electron chi connectivity index (χ2n) is 4.41. The third kappa shape index (κ3) is 4.45. The molecule has 0 spiro atoms. The molecule has 15 heavy (non-hydrogen) atoms. The van der Waals surface area contributed by atoms with Crippen LogP contribution in [-0.4, -0.2) is 11.7 Å². The van der Waals surface area contributed by atoms with Crippen molar-refractivity contribution in [2.24, 2.45) is 23.5 Å². The second-order valence-corrected chi connectivity index (χ2v) is 4.41. The Morgan fingerprint density at radius 1 is 1.13 bits per heavy atom. The molecule has 0 aromatic carbocycles. The maximum atomic E-state index is 11.9. The summed E-state index contributed by atoms with van der Waals surface area (Å²) < 4.78 is 0. The molecule has 0 bridgehead atoms. The molecular formula is C12H23NO2. The van der Waals surface area contributed by atoms with Gasteiger partial charge in [0.2, 0.25) is 5.91 Å². The first-order chi connectivity index (χ1) is 6.93. The normalized spacial score (nSPS) is 13.2. The van der Waals surface area contributed by atoms with E-state index in [1.54, 1.807) is 0 Å². The molecule has 3 heteroatoms. The topological polar surface area (TPSA) is 60.2 Å². The highest BCUT2D eigenvalue weighted by Gasteiger charge is 2.28. The van der Waals surface area contributed by atoms with E-state index < -0.39 is 0 Å². The van der Waals surface area contributed by atoms with Gasteiger partial charge in [-0.1, -0.05) is 40.5 Å². The molecule has 0 radical (unpaired) electrons. The lowest BCUT2D eigenvalue weighted by Gasteiger charge is -2.24. The summed E-state index contributed by atoms with van der Waals surface area (Å²) in [7, 11) is 0. The molecule has 0 rings (SSSR count). The Morgan fingerprint density at radius 3 is 1.87 bits per heavy atom. The molecule has 0 aliphatic carbocycles. The minimum atomic E-state index is -0.374. The van der Waals surface area contributed by atoms with Gasteiger partial charge in [0.05, 0.1) is 0 Å². The van der Waals surface area contributed by atoms with Crippen molar-refractivity contribution in [2.45, 2.75) is 47.0 Å². The number of Topliss-reactive ketones (excluding diaryl/α,β-unsaturated/α-hetero) is 1. The number of primary amides is 1. The number of hydrogen-bond acceptors (Lipinski definition) is 2. The number of carbonyl (C=O) groups is 2. The fourth-order valence-corrected chi connectivity index (χ4v) is 2.00. The molecule has 0 aromatic heterocycles. The van der Waals surface area contributed by atoms with E-state index in [4.69, 9.17) is 5.73 Å². The first-order valence-corrected chi connectivity index (χ1v) is 5.75. The number of rotatable bonds is 7. The van der Waals surface area contributed by atoms with Gasteiger partial charge in [0.1, 0.15) is 5.78 Å². The molecular weight excluding hydrogens is 190 g/mol. The summed E-state index contributed by atoms with van der Waals surface area (Å²) in [4.78, 5) is 22.9. The van der Waals surface area contributed by atoms with E-state index in [-0.39, 0.29) is 35.9 Å². The lowest BCUT2D eigenvalue weighted by atomic mass is 9.79. The Hall–Kier alpha value is -0.860. The van der Waals surface area contributed by atoms with Gasteiger partial charge in [0, 0.05) is 18.3 Å². The zero-order chi connectivity index (χ0) is 12.0. The average molecular weight is 213 g/mol. The van der Waals surface area contributed by atoms with Crippen molar-refractivity contribution in [1.29, 1.82) is 0 Å². The van der Waals surface area contributed by atoms with Crippen LogP contribution in [0.3, 0.4) is 0 Å². The maximum absolute atomic E-state index is 11.9.